The van der Waals surface area contributed by atoms with Crippen LogP contribution in [0.4, 0.5) is 11.4 Å². The zero-order valence-corrected chi connectivity index (χ0v) is 25.5. The molecular formula is C32H25Cl2N5O3S. The van der Waals surface area contributed by atoms with Gasteiger partial charge < -0.3 is 9.55 Å². The minimum absolute atomic E-state index is 0.0222. The molecule has 5 aromatic rings. The van der Waals surface area contributed by atoms with Gasteiger partial charge in [0.25, 0.3) is 11.6 Å². The number of benzene rings is 3. The molecule has 1 N–H and O–H groups in total. The first-order valence-corrected chi connectivity index (χ1v) is 15.0. The Morgan fingerprint density at radius 2 is 1.81 bits per heavy atom. The maximum Gasteiger partial charge on any atom is 0.269 e. The number of carbonyl (C=O) groups is 1. The number of hydrogen-bond acceptors (Lipinski definition) is 5. The molecule has 43 heavy (non-hydrogen) atoms. The van der Waals surface area contributed by atoms with E-state index in [1.807, 2.05) is 67.1 Å². The fraction of sp³-hybridized carbons (Fsp3) is 0.125. The first kappa shape index (κ1) is 28.8. The number of halogens is 2. The quantitative estimate of drug-likeness (QED) is 0.111. The van der Waals surface area contributed by atoms with Gasteiger partial charge in [-0.2, -0.15) is 0 Å². The van der Waals surface area contributed by atoms with E-state index in [1.165, 1.54) is 23.9 Å². The number of rotatable bonds is 7. The zero-order chi connectivity index (χ0) is 30.2. The van der Waals surface area contributed by atoms with E-state index in [4.69, 9.17) is 28.2 Å². The summed E-state index contributed by atoms with van der Waals surface area (Å²) in [5.41, 5.74) is 6.13. The number of nitro groups is 1. The Morgan fingerprint density at radius 1 is 1.05 bits per heavy atom. The molecular weight excluding hydrogens is 605 g/mol. The van der Waals surface area contributed by atoms with Crippen LogP contribution in [0, 0.1) is 24.0 Å². The van der Waals surface area contributed by atoms with Crippen LogP contribution in [-0.2, 0) is 11.2 Å². The number of aliphatic imine (C=N–C) groups is 1. The zero-order valence-electron chi connectivity index (χ0n) is 23.2. The largest absolute Gasteiger partial charge is 0.361 e. The molecule has 6 rings (SSSR count). The molecule has 8 nitrogen and oxygen atoms in total. The van der Waals surface area contributed by atoms with Gasteiger partial charge in [-0.25, -0.2) is 4.99 Å². The fourth-order valence-electron chi connectivity index (χ4n) is 5.23. The number of amidine groups is 1. The molecule has 2 aromatic heterocycles. The third-order valence-corrected chi connectivity index (χ3v) is 9.20. The minimum atomic E-state index is -0.452. The number of amides is 1. The number of H-pyrrole nitrogens is 1. The number of hydrogen-bond donors (Lipinski definition) is 1. The third kappa shape index (κ3) is 5.59. The Morgan fingerprint density at radius 3 is 2.58 bits per heavy atom. The molecule has 0 saturated carbocycles. The van der Waals surface area contributed by atoms with E-state index in [1.54, 1.807) is 23.1 Å². The predicted molar refractivity (Wildman–Crippen MR) is 175 cm³/mol. The van der Waals surface area contributed by atoms with Crippen molar-refractivity contribution in [2.45, 2.75) is 20.3 Å². The number of non-ortho nitro benzene ring substituents is 1. The Kier molecular flexibility index (Phi) is 7.87. The van der Waals surface area contributed by atoms with Crippen molar-refractivity contribution in [2.24, 2.45) is 4.99 Å². The van der Waals surface area contributed by atoms with Gasteiger partial charge in [-0.15, -0.1) is 0 Å². The molecule has 1 amide bonds. The van der Waals surface area contributed by atoms with Crippen molar-refractivity contribution in [2.75, 3.05) is 6.54 Å². The number of aryl methyl sites for hydroxylation is 1. The standard InChI is InChI=1S/C32H25Cl2N5O3S/c1-19-16-22(20(2)38(19)28-9-5-7-26(33)30(28)34)17-29-31(40)37(15-14-21-18-35-27-8-4-3-6-25(21)27)32(43-29)36-23-10-12-24(13-11-23)39(41)42/h3-13,16-18,35H,14-15H2,1-2H3/b29-17-,36-32?. The maximum atomic E-state index is 13.9. The molecule has 3 aromatic carbocycles. The van der Waals surface area contributed by atoms with Gasteiger partial charge in [-0.1, -0.05) is 47.5 Å². The molecule has 1 aliphatic rings. The van der Waals surface area contributed by atoms with Crippen LogP contribution < -0.4 is 0 Å². The van der Waals surface area contributed by atoms with Crippen LogP contribution in [0.3, 0.4) is 0 Å². The summed E-state index contributed by atoms with van der Waals surface area (Å²) in [4.78, 5) is 34.8. The second-order valence-corrected chi connectivity index (χ2v) is 11.9. The molecule has 1 fully saturated rings. The van der Waals surface area contributed by atoms with E-state index < -0.39 is 4.92 Å². The number of fused-ring (bicyclic) bond motifs is 1. The summed E-state index contributed by atoms with van der Waals surface area (Å²) >= 11 is 14.1. The van der Waals surface area contributed by atoms with Crippen LogP contribution in [0.5, 0.6) is 0 Å². The van der Waals surface area contributed by atoms with Crippen LogP contribution in [0.15, 0.2) is 88.9 Å². The highest BCUT2D eigenvalue weighted by atomic mass is 35.5. The number of thioether (sulfide) groups is 1. The number of aromatic nitrogens is 2. The molecule has 1 aliphatic heterocycles. The molecule has 0 bridgehead atoms. The number of aromatic amines is 1. The number of carbonyl (C=O) groups excluding carboxylic acids is 1. The second-order valence-electron chi connectivity index (χ2n) is 10.1. The summed E-state index contributed by atoms with van der Waals surface area (Å²) < 4.78 is 2.02. The van der Waals surface area contributed by atoms with Crippen molar-refractivity contribution in [3.63, 3.8) is 0 Å². The normalized spacial score (nSPS) is 15.3. The molecule has 0 atom stereocenters. The number of nitro benzene ring substituents is 1. The summed E-state index contributed by atoms with van der Waals surface area (Å²) in [7, 11) is 0. The molecule has 0 unspecified atom stereocenters. The number of nitrogens with one attached hydrogen (secondary N) is 1. The van der Waals surface area contributed by atoms with E-state index in [-0.39, 0.29) is 11.6 Å². The van der Waals surface area contributed by atoms with E-state index in [0.29, 0.717) is 38.8 Å². The molecule has 216 valence electrons. The Balaban J connectivity index is 1.35. The van der Waals surface area contributed by atoms with Crippen molar-refractivity contribution in [1.82, 2.24) is 14.5 Å². The van der Waals surface area contributed by atoms with E-state index in [0.717, 1.165) is 39.1 Å². The molecule has 3 heterocycles. The average Bonchev–Trinajstić information content (AvgIpc) is 3.62. The summed E-state index contributed by atoms with van der Waals surface area (Å²) in [6, 6.07) is 21.5. The SMILES string of the molecule is Cc1cc(/C=C2\SC(=Nc3ccc([N+](=O)[O-])cc3)N(CCc3c[nH]c4ccccc34)C2=O)c(C)n1-c1cccc(Cl)c1Cl. The highest BCUT2D eigenvalue weighted by Gasteiger charge is 2.34. The van der Waals surface area contributed by atoms with Crippen molar-refractivity contribution in [1.29, 1.82) is 0 Å². The van der Waals surface area contributed by atoms with E-state index >= 15 is 0 Å². The van der Waals surface area contributed by atoms with Crippen molar-refractivity contribution < 1.29 is 9.72 Å². The summed E-state index contributed by atoms with van der Waals surface area (Å²) in [6.07, 6.45) is 4.46. The van der Waals surface area contributed by atoms with Crippen LogP contribution in [0.1, 0.15) is 22.5 Å². The van der Waals surface area contributed by atoms with Crippen LogP contribution in [0.2, 0.25) is 10.0 Å². The molecule has 11 heteroatoms. The Bertz CT molecular complexity index is 1960. The summed E-state index contributed by atoms with van der Waals surface area (Å²) in [5.74, 6) is -0.156. The topological polar surface area (TPSA) is 96.5 Å². The van der Waals surface area contributed by atoms with Crippen molar-refractivity contribution in [3.05, 3.63) is 127 Å². The Hall–Kier alpha value is -4.31. The first-order valence-electron chi connectivity index (χ1n) is 13.4. The number of nitrogens with zero attached hydrogens (tertiary/aromatic N) is 4. The average molecular weight is 631 g/mol. The lowest BCUT2D eigenvalue weighted by atomic mass is 10.1. The lowest BCUT2D eigenvalue weighted by Crippen LogP contribution is -2.31. The van der Waals surface area contributed by atoms with Gasteiger partial charge in [0.2, 0.25) is 0 Å². The third-order valence-electron chi connectivity index (χ3n) is 7.38. The lowest BCUT2D eigenvalue weighted by molar-refractivity contribution is -0.384. The van der Waals surface area contributed by atoms with Crippen molar-refractivity contribution in [3.8, 4) is 5.69 Å². The van der Waals surface area contributed by atoms with E-state index in [2.05, 4.69) is 11.1 Å². The lowest BCUT2D eigenvalue weighted by Gasteiger charge is -2.15. The minimum Gasteiger partial charge on any atom is -0.361 e. The van der Waals surface area contributed by atoms with Gasteiger partial charge in [0, 0.05) is 47.2 Å². The smallest absolute Gasteiger partial charge is 0.269 e. The number of para-hydroxylation sites is 1. The predicted octanol–water partition coefficient (Wildman–Crippen LogP) is 8.64. The fourth-order valence-corrected chi connectivity index (χ4v) is 6.62. The van der Waals surface area contributed by atoms with Crippen LogP contribution in [-0.4, -0.2) is 37.0 Å². The van der Waals surface area contributed by atoms with Crippen LogP contribution >= 0.6 is 35.0 Å². The van der Waals surface area contributed by atoms with E-state index in [9.17, 15) is 14.9 Å². The highest BCUT2D eigenvalue weighted by molar-refractivity contribution is 8.18. The molecule has 0 spiro atoms. The molecule has 0 radical (unpaired) electrons. The summed E-state index contributed by atoms with van der Waals surface area (Å²) in [5, 5.41) is 13.7. The van der Waals surface area contributed by atoms with Gasteiger partial charge in [-0.05, 0) is 85.6 Å². The van der Waals surface area contributed by atoms with Crippen LogP contribution in [0.25, 0.3) is 22.7 Å². The highest BCUT2D eigenvalue weighted by Crippen LogP contribution is 2.37. The monoisotopic (exact) mass is 629 g/mol. The van der Waals surface area contributed by atoms with Gasteiger partial charge in [0.1, 0.15) is 0 Å². The van der Waals surface area contributed by atoms with Gasteiger partial charge >= 0.3 is 0 Å². The molecule has 1 saturated heterocycles. The maximum absolute atomic E-state index is 13.9. The first-order chi connectivity index (χ1) is 20.7. The van der Waals surface area contributed by atoms with Gasteiger partial charge in [0.05, 0.1) is 31.2 Å². The molecule has 0 aliphatic carbocycles. The van der Waals surface area contributed by atoms with Gasteiger partial charge in [0.15, 0.2) is 5.17 Å². The van der Waals surface area contributed by atoms with Gasteiger partial charge in [-0.3, -0.25) is 19.8 Å². The second kappa shape index (κ2) is 11.8. The Labute approximate surface area is 261 Å². The van der Waals surface area contributed by atoms with Crippen molar-refractivity contribution >= 4 is 74.4 Å². The summed E-state index contributed by atoms with van der Waals surface area (Å²) in [6.45, 7) is 4.36.